The lowest BCUT2D eigenvalue weighted by Crippen LogP contribution is -2.54. The van der Waals surface area contributed by atoms with E-state index in [1.807, 2.05) is 0 Å². The van der Waals surface area contributed by atoms with Crippen LogP contribution in [-0.2, 0) is 4.79 Å². The Labute approximate surface area is 121 Å². The Bertz CT molecular complexity index is 380. The van der Waals surface area contributed by atoms with Gasteiger partial charge in [-0.1, -0.05) is 6.42 Å². The molecule has 0 aromatic carbocycles. The molecule has 4 rings (SSSR count). The number of piperazine rings is 1. The fraction of sp³-hybridized carbons (Fsp3) is 0.938. The molecule has 4 aliphatic rings. The summed E-state index contributed by atoms with van der Waals surface area (Å²) < 4.78 is 0. The Kier molecular flexibility index (Phi) is 3.47. The summed E-state index contributed by atoms with van der Waals surface area (Å²) in [4.78, 5) is 17.5. The summed E-state index contributed by atoms with van der Waals surface area (Å²) in [5.74, 6) is 2.30. The summed E-state index contributed by atoms with van der Waals surface area (Å²) >= 11 is 0. The highest BCUT2D eigenvalue weighted by Gasteiger charge is 2.47. The molecular weight excluding hydrogens is 250 g/mol. The maximum absolute atomic E-state index is 12.8. The van der Waals surface area contributed by atoms with Gasteiger partial charge in [-0.05, 0) is 50.5 Å². The van der Waals surface area contributed by atoms with Crippen molar-refractivity contribution in [2.45, 2.75) is 50.6 Å². The van der Waals surface area contributed by atoms with Gasteiger partial charge >= 0.3 is 0 Å². The molecule has 1 N–H and O–H groups in total. The number of hydrogen-bond acceptors (Lipinski definition) is 3. The van der Waals surface area contributed by atoms with Crippen LogP contribution in [0, 0.1) is 11.8 Å². The van der Waals surface area contributed by atoms with Gasteiger partial charge in [0.1, 0.15) is 0 Å². The normalized spacial score (nSPS) is 41.5. The van der Waals surface area contributed by atoms with Crippen molar-refractivity contribution in [3.8, 4) is 0 Å². The zero-order valence-electron chi connectivity index (χ0n) is 12.4. The number of rotatable bonds is 2. The van der Waals surface area contributed by atoms with Gasteiger partial charge in [0.05, 0.1) is 6.04 Å². The number of fused-ring (bicyclic) bond motifs is 2. The molecule has 2 bridgehead atoms. The fourth-order valence-electron chi connectivity index (χ4n) is 5.16. The van der Waals surface area contributed by atoms with Crippen molar-refractivity contribution < 1.29 is 4.79 Å². The summed E-state index contributed by atoms with van der Waals surface area (Å²) in [6, 6.07) is 0.936. The van der Waals surface area contributed by atoms with Gasteiger partial charge in [0.2, 0.25) is 5.91 Å². The SMILES string of the molecule is O=C(C1CCCN1C1CC2CCC1C2)N1CCNCC1. The van der Waals surface area contributed by atoms with Gasteiger partial charge in [-0.3, -0.25) is 9.69 Å². The van der Waals surface area contributed by atoms with E-state index in [1.54, 1.807) is 0 Å². The van der Waals surface area contributed by atoms with Gasteiger partial charge in [0, 0.05) is 32.2 Å². The zero-order valence-corrected chi connectivity index (χ0v) is 12.4. The van der Waals surface area contributed by atoms with Crippen LogP contribution in [0.15, 0.2) is 0 Å². The Morgan fingerprint density at radius 2 is 1.85 bits per heavy atom. The summed E-state index contributed by atoms with van der Waals surface area (Å²) in [7, 11) is 0. The van der Waals surface area contributed by atoms with Crippen molar-refractivity contribution in [2.24, 2.45) is 11.8 Å². The molecule has 4 unspecified atom stereocenters. The number of carbonyl (C=O) groups is 1. The molecule has 0 radical (unpaired) electrons. The lowest BCUT2D eigenvalue weighted by atomic mass is 9.93. The predicted molar refractivity (Wildman–Crippen MR) is 78.4 cm³/mol. The van der Waals surface area contributed by atoms with E-state index in [2.05, 4.69) is 15.1 Å². The van der Waals surface area contributed by atoms with E-state index in [0.29, 0.717) is 5.91 Å². The highest BCUT2D eigenvalue weighted by molar-refractivity contribution is 5.82. The minimum Gasteiger partial charge on any atom is -0.339 e. The van der Waals surface area contributed by atoms with Crippen LogP contribution >= 0.6 is 0 Å². The first-order valence-electron chi connectivity index (χ1n) is 8.58. The molecule has 0 aromatic heterocycles. The molecule has 20 heavy (non-hydrogen) atoms. The topological polar surface area (TPSA) is 35.6 Å². The van der Waals surface area contributed by atoms with Gasteiger partial charge in [0.15, 0.2) is 0 Å². The molecule has 2 heterocycles. The van der Waals surface area contributed by atoms with Crippen molar-refractivity contribution in [3.63, 3.8) is 0 Å². The van der Waals surface area contributed by atoms with E-state index < -0.39 is 0 Å². The summed E-state index contributed by atoms with van der Waals surface area (Å²) in [6.07, 6.45) is 7.99. The van der Waals surface area contributed by atoms with Gasteiger partial charge in [-0.2, -0.15) is 0 Å². The molecule has 4 atom stereocenters. The molecule has 0 spiro atoms. The second-order valence-corrected chi connectivity index (χ2v) is 7.21. The number of nitrogens with zero attached hydrogens (tertiary/aromatic N) is 2. The first kappa shape index (κ1) is 13.1. The molecular formula is C16H27N3O. The third-order valence-corrected chi connectivity index (χ3v) is 6.13. The van der Waals surface area contributed by atoms with Gasteiger partial charge < -0.3 is 10.2 Å². The fourth-order valence-corrected chi connectivity index (χ4v) is 5.16. The van der Waals surface area contributed by atoms with Crippen LogP contribution in [0.2, 0.25) is 0 Å². The van der Waals surface area contributed by atoms with Crippen molar-refractivity contribution in [1.29, 1.82) is 0 Å². The molecule has 2 aliphatic carbocycles. The second kappa shape index (κ2) is 5.30. The van der Waals surface area contributed by atoms with E-state index >= 15 is 0 Å². The highest BCUT2D eigenvalue weighted by Crippen LogP contribution is 2.48. The first-order valence-corrected chi connectivity index (χ1v) is 8.58. The number of hydrogen-bond donors (Lipinski definition) is 1. The molecule has 2 saturated carbocycles. The molecule has 2 saturated heterocycles. The quantitative estimate of drug-likeness (QED) is 0.820. The lowest BCUT2D eigenvalue weighted by Gasteiger charge is -2.38. The van der Waals surface area contributed by atoms with Crippen LogP contribution in [-0.4, -0.2) is 60.5 Å². The molecule has 4 fully saturated rings. The minimum atomic E-state index is 0.206. The minimum absolute atomic E-state index is 0.206. The van der Waals surface area contributed by atoms with E-state index in [-0.39, 0.29) is 6.04 Å². The number of amides is 1. The van der Waals surface area contributed by atoms with Crippen LogP contribution in [0.3, 0.4) is 0 Å². The van der Waals surface area contributed by atoms with Gasteiger partial charge in [-0.15, -0.1) is 0 Å². The van der Waals surface area contributed by atoms with Crippen LogP contribution in [0.5, 0.6) is 0 Å². The van der Waals surface area contributed by atoms with E-state index in [9.17, 15) is 4.79 Å². The number of likely N-dealkylation sites (tertiary alicyclic amines) is 1. The van der Waals surface area contributed by atoms with Gasteiger partial charge in [-0.25, -0.2) is 0 Å². The molecule has 2 aliphatic heterocycles. The zero-order chi connectivity index (χ0) is 13.5. The number of carbonyl (C=O) groups excluding carboxylic acids is 1. The Hall–Kier alpha value is -0.610. The molecule has 4 heteroatoms. The average molecular weight is 277 g/mol. The summed E-state index contributed by atoms with van der Waals surface area (Å²) in [5.41, 5.74) is 0. The van der Waals surface area contributed by atoms with E-state index in [1.165, 1.54) is 32.1 Å². The maximum atomic E-state index is 12.8. The monoisotopic (exact) mass is 277 g/mol. The summed E-state index contributed by atoms with van der Waals surface area (Å²) in [5, 5.41) is 3.34. The Balaban J connectivity index is 1.45. The largest absolute Gasteiger partial charge is 0.339 e. The predicted octanol–water partition coefficient (Wildman–Crippen LogP) is 1.07. The summed E-state index contributed by atoms with van der Waals surface area (Å²) in [6.45, 7) is 4.90. The van der Waals surface area contributed by atoms with Gasteiger partial charge in [0.25, 0.3) is 0 Å². The smallest absolute Gasteiger partial charge is 0.240 e. The molecule has 1 amide bonds. The van der Waals surface area contributed by atoms with Crippen LogP contribution in [0.1, 0.15) is 38.5 Å². The van der Waals surface area contributed by atoms with E-state index in [0.717, 1.165) is 57.0 Å². The third-order valence-electron chi connectivity index (χ3n) is 6.13. The van der Waals surface area contributed by atoms with Crippen LogP contribution < -0.4 is 5.32 Å². The standard InChI is InChI=1S/C16H27N3O/c20-16(18-8-5-17-6-9-18)14-2-1-7-19(14)15-11-12-3-4-13(15)10-12/h12-15,17H,1-11H2. The van der Waals surface area contributed by atoms with Crippen molar-refractivity contribution in [1.82, 2.24) is 15.1 Å². The molecule has 4 nitrogen and oxygen atoms in total. The van der Waals surface area contributed by atoms with Crippen molar-refractivity contribution in [2.75, 3.05) is 32.7 Å². The first-order chi connectivity index (χ1) is 9.83. The Morgan fingerprint density at radius 3 is 2.55 bits per heavy atom. The van der Waals surface area contributed by atoms with Crippen LogP contribution in [0.4, 0.5) is 0 Å². The highest BCUT2D eigenvalue weighted by atomic mass is 16.2. The number of nitrogens with one attached hydrogen (secondary N) is 1. The van der Waals surface area contributed by atoms with E-state index in [4.69, 9.17) is 0 Å². The second-order valence-electron chi connectivity index (χ2n) is 7.21. The third kappa shape index (κ3) is 2.17. The molecule has 0 aromatic rings. The maximum Gasteiger partial charge on any atom is 0.240 e. The average Bonchev–Trinajstić information content (AvgIpc) is 3.22. The van der Waals surface area contributed by atoms with Crippen molar-refractivity contribution >= 4 is 5.91 Å². The lowest BCUT2D eigenvalue weighted by molar-refractivity contribution is -0.137. The van der Waals surface area contributed by atoms with Crippen LogP contribution in [0.25, 0.3) is 0 Å². The Morgan fingerprint density at radius 1 is 1.00 bits per heavy atom. The van der Waals surface area contributed by atoms with Crippen molar-refractivity contribution in [3.05, 3.63) is 0 Å². The molecule has 112 valence electrons.